The first-order chi connectivity index (χ1) is 10.1. The summed E-state index contributed by atoms with van der Waals surface area (Å²) < 4.78 is 7.39. The zero-order valence-electron chi connectivity index (χ0n) is 12.8. The van der Waals surface area contributed by atoms with E-state index >= 15 is 0 Å². The molecule has 2 rings (SSSR count). The van der Waals surface area contributed by atoms with Crippen LogP contribution in [0.2, 0.25) is 0 Å². The van der Waals surface area contributed by atoms with E-state index in [2.05, 4.69) is 16.7 Å². The molecule has 1 aromatic heterocycles. The average Bonchev–Trinajstić information content (AvgIpc) is 2.82. The van der Waals surface area contributed by atoms with Gasteiger partial charge < -0.3 is 9.30 Å². The van der Waals surface area contributed by atoms with Crippen LogP contribution in [0.15, 0.2) is 29.4 Å². The van der Waals surface area contributed by atoms with Gasteiger partial charge in [-0.3, -0.25) is 0 Å². The van der Waals surface area contributed by atoms with Gasteiger partial charge in [-0.25, -0.2) is 4.98 Å². The summed E-state index contributed by atoms with van der Waals surface area (Å²) in [5, 5.41) is 10.1. The van der Waals surface area contributed by atoms with Crippen molar-refractivity contribution in [2.75, 3.05) is 19.5 Å². The molecule has 1 aromatic carbocycles. The maximum Gasteiger partial charge on any atom is 0.169 e. The van der Waals surface area contributed by atoms with Crippen LogP contribution in [-0.4, -0.2) is 29.0 Å². The Bertz CT molecular complexity index is 642. The van der Waals surface area contributed by atoms with Crippen LogP contribution in [0.25, 0.3) is 11.0 Å². The summed E-state index contributed by atoms with van der Waals surface area (Å²) in [6, 6.07) is 10.5. The maximum absolute atomic E-state index is 9.08. The fraction of sp³-hybridized carbons (Fsp3) is 0.500. The van der Waals surface area contributed by atoms with Gasteiger partial charge in [0.15, 0.2) is 5.16 Å². The molecule has 0 aliphatic carbocycles. The number of imidazole rings is 1. The minimum atomic E-state index is -0.281. The molecule has 0 amide bonds. The van der Waals surface area contributed by atoms with Crippen LogP contribution >= 0.6 is 11.8 Å². The van der Waals surface area contributed by atoms with Crippen LogP contribution in [0.4, 0.5) is 0 Å². The second kappa shape index (κ2) is 6.97. The Morgan fingerprint density at radius 1 is 1.38 bits per heavy atom. The van der Waals surface area contributed by atoms with Gasteiger partial charge in [0.2, 0.25) is 0 Å². The van der Waals surface area contributed by atoms with E-state index < -0.39 is 0 Å². The summed E-state index contributed by atoms with van der Waals surface area (Å²) in [5.74, 6) is 0.886. The molecule has 0 radical (unpaired) electrons. The van der Waals surface area contributed by atoms with E-state index in [0.29, 0.717) is 6.61 Å². The second-order valence-corrected chi connectivity index (χ2v) is 6.68. The highest BCUT2D eigenvalue weighted by molar-refractivity contribution is 7.99. The summed E-state index contributed by atoms with van der Waals surface area (Å²) in [4.78, 5) is 4.70. The van der Waals surface area contributed by atoms with E-state index in [-0.39, 0.29) is 5.41 Å². The highest BCUT2D eigenvalue weighted by Crippen LogP contribution is 2.28. The number of thioether (sulfide) groups is 1. The Morgan fingerprint density at radius 2 is 2.14 bits per heavy atom. The van der Waals surface area contributed by atoms with Gasteiger partial charge in [0, 0.05) is 19.4 Å². The zero-order chi connectivity index (χ0) is 15.3. The first-order valence-electron chi connectivity index (χ1n) is 7.05. The number of fused-ring (bicyclic) bond motifs is 1. The van der Waals surface area contributed by atoms with Crippen molar-refractivity contribution in [3.8, 4) is 6.07 Å². The monoisotopic (exact) mass is 303 g/mol. The number of benzene rings is 1. The summed E-state index contributed by atoms with van der Waals surface area (Å²) in [7, 11) is 1.71. The molecule has 4 nitrogen and oxygen atoms in total. The Kier molecular flexibility index (Phi) is 5.27. The van der Waals surface area contributed by atoms with Crippen molar-refractivity contribution in [1.29, 1.82) is 5.26 Å². The molecular formula is C16H21N3OS. The van der Waals surface area contributed by atoms with Crippen molar-refractivity contribution >= 4 is 22.8 Å². The topological polar surface area (TPSA) is 50.8 Å². The minimum Gasteiger partial charge on any atom is -0.383 e. The minimum absolute atomic E-state index is 0.281. The van der Waals surface area contributed by atoms with Crippen LogP contribution in [-0.2, 0) is 11.3 Å². The first-order valence-corrected chi connectivity index (χ1v) is 8.04. The number of nitrogens with zero attached hydrogens (tertiary/aromatic N) is 3. The highest BCUT2D eigenvalue weighted by atomic mass is 32.2. The SMILES string of the molecule is COCCn1c(SCCC(C)(C)C#N)nc2ccccc21. The molecule has 0 aliphatic rings. The van der Waals surface area contributed by atoms with E-state index in [9.17, 15) is 0 Å². The van der Waals surface area contributed by atoms with Crippen LogP contribution < -0.4 is 0 Å². The maximum atomic E-state index is 9.08. The van der Waals surface area contributed by atoms with Crippen LogP contribution in [0.3, 0.4) is 0 Å². The van der Waals surface area contributed by atoms with Crippen LogP contribution in [0.5, 0.6) is 0 Å². The summed E-state index contributed by atoms with van der Waals surface area (Å²) in [6.07, 6.45) is 0.849. The summed E-state index contributed by atoms with van der Waals surface area (Å²) in [6.45, 7) is 5.40. The molecule has 112 valence electrons. The van der Waals surface area contributed by atoms with E-state index in [1.54, 1.807) is 18.9 Å². The van der Waals surface area contributed by atoms with Crippen LogP contribution in [0.1, 0.15) is 20.3 Å². The van der Waals surface area contributed by atoms with Gasteiger partial charge in [-0.05, 0) is 32.4 Å². The Labute approximate surface area is 130 Å². The number of aromatic nitrogens is 2. The van der Waals surface area contributed by atoms with Gasteiger partial charge in [0.05, 0.1) is 29.1 Å². The zero-order valence-corrected chi connectivity index (χ0v) is 13.6. The number of rotatable bonds is 7. The number of ether oxygens (including phenoxy) is 1. The van der Waals surface area contributed by atoms with Gasteiger partial charge in [-0.2, -0.15) is 5.26 Å². The Balaban J connectivity index is 2.16. The molecule has 5 heteroatoms. The molecule has 1 heterocycles. The molecule has 0 bridgehead atoms. The van der Waals surface area contributed by atoms with Crippen LogP contribution in [0, 0.1) is 16.7 Å². The average molecular weight is 303 g/mol. The largest absolute Gasteiger partial charge is 0.383 e. The summed E-state index contributed by atoms with van der Waals surface area (Å²) >= 11 is 1.71. The normalized spacial score (nSPS) is 11.7. The van der Waals surface area contributed by atoms with E-state index in [4.69, 9.17) is 15.0 Å². The molecule has 0 spiro atoms. The number of nitriles is 1. The number of hydrogen-bond acceptors (Lipinski definition) is 4. The predicted molar refractivity (Wildman–Crippen MR) is 86.3 cm³/mol. The molecule has 0 unspecified atom stereocenters. The predicted octanol–water partition coefficient (Wildman–Crippen LogP) is 3.71. The second-order valence-electron chi connectivity index (χ2n) is 5.62. The molecule has 0 saturated carbocycles. The van der Waals surface area contributed by atoms with Gasteiger partial charge >= 0.3 is 0 Å². The van der Waals surface area contributed by atoms with Crippen molar-refractivity contribution in [3.63, 3.8) is 0 Å². The third-order valence-corrected chi connectivity index (χ3v) is 4.38. The third-order valence-electron chi connectivity index (χ3n) is 3.40. The van der Waals surface area contributed by atoms with Crippen molar-refractivity contribution in [3.05, 3.63) is 24.3 Å². The number of para-hydroxylation sites is 2. The lowest BCUT2D eigenvalue weighted by Crippen LogP contribution is -2.10. The fourth-order valence-electron chi connectivity index (χ4n) is 2.02. The lowest BCUT2D eigenvalue weighted by molar-refractivity contribution is 0.186. The van der Waals surface area contributed by atoms with Gasteiger partial charge in [0.1, 0.15) is 0 Å². The Hall–Kier alpha value is -1.51. The lowest BCUT2D eigenvalue weighted by atomic mass is 9.93. The van der Waals surface area contributed by atoms with Gasteiger partial charge in [0.25, 0.3) is 0 Å². The van der Waals surface area contributed by atoms with E-state index in [1.165, 1.54) is 0 Å². The standard InChI is InChI=1S/C16H21N3OS/c1-16(2,12-17)8-11-21-15-18-13-6-4-5-7-14(13)19(15)9-10-20-3/h4-7H,8-11H2,1-3H3. The highest BCUT2D eigenvalue weighted by Gasteiger charge is 2.17. The molecule has 0 fully saturated rings. The van der Waals surface area contributed by atoms with Crippen molar-refractivity contribution in [1.82, 2.24) is 9.55 Å². The first kappa shape index (κ1) is 15.9. The third kappa shape index (κ3) is 3.99. The molecule has 0 saturated heterocycles. The molecular weight excluding hydrogens is 282 g/mol. The number of methoxy groups -OCH3 is 1. The van der Waals surface area contributed by atoms with Crippen molar-refractivity contribution in [2.45, 2.75) is 32.0 Å². The van der Waals surface area contributed by atoms with Crippen molar-refractivity contribution in [2.24, 2.45) is 5.41 Å². The molecule has 0 atom stereocenters. The molecule has 0 aliphatic heterocycles. The lowest BCUT2D eigenvalue weighted by Gasteiger charge is -2.14. The van der Waals surface area contributed by atoms with Gasteiger partial charge in [-0.15, -0.1) is 0 Å². The molecule has 0 N–H and O–H groups in total. The smallest absolute Gasteiger partial charge is 0.169 e. The molecule has 2 aromatic rings. The molecule has 21 heavy (non-hydrogen) atoms. The van der Waals surface area contributed by atoms with E-state index in [0.717, 1.165) is 34.9 Å². The van der Waals surface area contributed by atoms with Gasteiger partial charge in [-0.1, -0.05) is 23.9 Å². The van der Waals surface area contributed by atoms with Crippen molar-refractivity contribution < 1.29 is 4.74 Å². The Morgan fingerprint density at radius 3 is 2.86 bits per heavy atom. The van der Waals surface area contributed by atoms with E-state index in [1.807, 2.05) is 32.0 Å². The summed E-state index contributed by atoms with van der Waals surface area (Å²) in [5.41, 5.74) is 1.86. The fourth-order valence-corrected chi connectivity index (χ4v) is 3.32. The quantitative estimate of drug-likeness (QED) is 0.732. The number of hydrogen-bond donors (Lipinski definition) is 0.